The summed E-state index contributed by atoms with van der Waals surface area (Å²) in [6, 6.07) is 4.98. The van der Waals surface area contributed by atoms with Gasteiger partial charge in [-0.05, 0) is 44.4 Å². The Hall–Kier alpha value is -2.08. The fourth-order valence-corrected chi connectivity index (χ4v) is 2.80. The van der Waals surface area contributed by atoms with E-state index >= 15 is 0 Å². The number of nitrogens with one attached hydrogen (secondary N) is 1. The molecule has 1 amide bonds. The quantitative estimate of drug-likeness (QED) is 0.407. The molecule has 0 heterocycles. The van der Waals surface area contributed by atoms with E-state index in [0.717, 1.165) is 19.3 Å². The van der Waals surface area contributed by atoms with Crippen molar-refractivity contribution in [1.82, 2.24) is 0 Å². The fraction of sp³-hybridized carbons (Fsp3) is 0.636. The van der Waals surface area contributed by atoms with Crippen LogP contribution in [0, 0.1) is 5.92 Å². The molecule has 0 saturated heterocycles. The zero-order valence-electron chi connectivity index (χ0n) is 18.1. The Labute approximate surface area is 168 Å². The van der Waals surface area contributed by atoms with Crippen molar-refractivity contribution in [3.63, 3.8) is 0 Å². The average Bonchev–Trinajstić information content (AvgIpc) is 2.66. The van der Waals surface area contributed by atoms with Crippen LogP contribution in [-0.2, 0) is 14.3 Å². The molecule has 6 heteroatoms. The lowest BCUT2D eigenvalue weighted by atomic mass is 9.96. The van der Waals surface area contributed by atoms with E-state index in [1.807, 2.05) is 27.7 Å². The summed E-state index contributed by atoms with van der Waals surface area (Å²) in [5.41, 5.74) is -0.129. The normalized spacial score (nSPS) is 13.1. The maximum Gasteiger partial charge on any atom is 0.341 e. The molecule has 0 aliphatic heterocycles. The number of amides is 1. The maximum absolute atomic E-state index is 12.9. The van der Waals surface area contributed by atoms with E-state index in [1.54, 1.807) is 18.2 Å². The number of benzene rings is 1. The number of hydrogen-bond donors (Lipinski definition) is 1. The van der Waals surface area contributed by atoms with Crippen LogP contribution in [0.15, 0.2) is 18.2 Å². The van der Waals surface area contributed by atoms with Crippen molar-refractivity contribution in [2.24, 2.45) is 5.92 Å². The minimum absolute atomic E-state index is 0.225. The van der Waals surface area contributed by atoms with Crippen LogP contribution in [0.2, 0.25) is 0 Å². The Balaban J connectivity index is 3.01. The van der Waals surface area contributed by atoms with Gasteiger partial charge in [0.25, 0.3) is 5.91 Å². The summed E-state index contributed by atoms with van der Waals surface area (Å²) < 4.78 is 16.3. The fourth-order valence-electron chi connectivity index (χ4n) is 2.80. The highest BCUT2D eigenvalue weighted by molar-refractivity contribution is 5.99. The molecule has 0 spiro atoms. The van der Waals surface area contributed by atoms with Crippen molar-refractivity contribution in [3.05, 3.63) is 23.8 Å². The molecule has 1 rings (SSSR count). The molecule has 0 aliphatic carbocycles. The summed E-state index contributed by atoms with van der Waals surface area (Å²) in [5, 5.41) is 2.88. The van der Waals surface area contributed by atoms with Gasteiger partial charge >= 0.3 is 5.97 Å². The second-order valence-corrected chi connectivity index (χ2v) is 7.48. The third-order valence-corrected chi connectivity index (χ3v) is 4.42. The second kappa shape index (κ2) is 11.7. The maximum atomic E-state index is 12.9. The number of hydrogen-bond acceptors (Lipinski definition) is 5. The molecule has 1 unspecified atom stereocenters. The van der Waals surface area contributed by atoms with Crippen molar-refractivity contribution in [3.8, 4) is 5.75 Å². The first-order valence-electron chi connectivity index (χ1n) is 10.1. The summed E-state index contributed by atoms with van der Waals surface area (Å²) in [4.78, 5) is 25.0. The average molecular weight is 394 g/mol. The third kappa shape index (κ3) is 7.15. The van der Waals surface area contributed by atoms with E-state index in [0.29, 0.717) is 37.0 Å². The van der Waals surface area contributed by atoms with Gasteiger partial charge in [-0.1, -0.05) is 40.0 Å². The molecule has 28 heavy (non-hydrogen) atoms. The van der Waals surface area contributed by atoms with E-state index < -0.39 is 11.6 Å². The molecule has 158 valence electrons. The monoisotopic (exact) mass is 393 g/mol. The molecule has 0 bridgehead atoms. The van der Waals surface area contributed by atoms with Gasteiger partial charge in [-0.3, -0.25) is 4.79 Å². The number of ether oxygens (including phenoxy) is 3. The minimum Gasteiger partial charge on any atom is -0.492 e. The predicted octanol–water partition coefficient (Wildman–Crippen LogP) is 4.82. The van der Waals surface area contributed by atoms with E-state index in [9.17, 15) is 9.59 Å². The summed E-state index contributed by atoms with van der Waals surface area (Å²) >= 11 is 0. The standard InChI is InChI=1S/C22H35NO5/c1-7-9-10-13-22(5,28-8-2)21(25)23-17-11-12-19(27-15-16(3)4)18(14-17)20(24)26-6/h11-12,14,16H,7-10,13,15H2,1-6H3,(H,23,25). The smallest absolute Gasteiger partial charge is 0.341 e. The van der Waals surface area contributed by atoms with E-state index in [2.05, 4.69) is 12.2 Å². The summed E-state index contributed by atoms with van der Waals surface area (Å²) in [6.07, 6.45) is 3.67. The highest BCUT2D eigenvalue weighted by Gasteiger charge is 2.33. The summed E-state index contributed by atoms with van der Waals surface area (Å²) in [7, 11) is 1.32. The predicted molar refractivity (Wildman–Crippen MR) is 111 cm³/mol. The Kier molecular flexibility index (Phi) is 10.0. The SMILES string of the molecule is CCCCCC(C)(OCC)C(=O)Nc1ccc(OCC(C)C)c(C(=O)OC)c1. The van der Waals surface area contributed by atoms with Crippen LogP contribution in [0.4, 0.5) is 5.69 Å². The largest absolute Gasteiger partial charge is 0.492 e. The molecule has 0 fully saturated rings. The first kappa shape index (κ1) is 24.0. The van der Waals surface area contributed by atoms with Gasteiger partial charge in [0.15, 0.2) is 0 Å². The third-order valence-electron chi connectivity index (χ3n) is 4.42. The zero-order valence-corrected chi connectivity index (χ0v) is 18.1. The van der Waals surface area contributed by atoms with Gasteiger partial charge in [-0.2, -0.15) is 0 Å². The van der Waals surface area contributed by atoms with Gasteiger partial charge in [-0.15, -0.1) is 0 Å². The molecule has 1 atom stereocenters. The Morgan fingerprint density at radius 1 is 1.18 bits per heavy atom. The first-order chi connectivity index (χ1) is 13.3. The molecule has 1 aromatic carbocycles. The number of rotatable bonds is 12. The van der Waals surface area contributed by atoms with Crippen molar-refractivity contribution in [2.45, 2.75) is 65.9 Å². The summed E-state index contributed by atoms with van der Waals surface area (Å²) in [5.74, 6) is 0.0245. The highest BCUT2D eigenvalue weighted by Crippen LogP contribution is 2.27. The first-order valence-corrected chi connectivity index (χ1v) is 10.1. The molecular formula is C22H35NO5. The van der Waals surface area contributed by atoms with Crippen LogP contribution in [-0.4, -0.2) is 37.8 Å². The van der Waals surface area contributed by atoms with Gasteiger partial charge in [0.05, 0.1) is 13.7 Å². The highest BCUT2D eigenvalue weighted by atomic mass is 16.5. The Morgan fingerprint density at radius 3 is 2.46 bits per heavy atom. The molecule has 0 radical (unpaired) electrons. The minimum atomic E-state index is -0.915. The van der Waals surface area contributed by atoms with Gasteiger partial charge in [-0.25, -0.2) is 4.79 Å². The topological polar surface area (TPSA) is 73.9 Å². The Morgan fingerprint density at radius 2 is 1.89 bits per heavy atom. The van der Waals surface area contributed by atoms with Gasteiger partial charge < -0.3 is 19.5 Å². The second-order valence-electron chi connectivity index (χ2n) is 7.48. The lowest BCUT2D eigenvalue weighted by Gasteiger charge is -2.28. The van der Waals surface area contributed by atoms with Gasteiger partial charge in [0.2, 0.25) is 0 Å². The molecule has 1 N–H and O–H groups in total. The van der Waals surface area contributed by atoms with Gasteiger partial charge in [0.1, 0.15) is 16.9 Å². The van der Waals surface area contributed by atoms with Crippen LogP contribution in [0.25, 0.3) is 0 Å². The lowest BCUT2D eigenvalue weighted by molar-refractivity contribution is -0.139. The van der Waals surface area contributed by atoms with Gasteiger partial charge in [0, 0.05) is 12.3 Å². The van der Waals surface area contributed by atoms with E-state index in [1.165, 1.54) is 7.11 Å². The van der Waals surface area contributed by atoms with Crippen molar-refractivity contribution < 1.29 is 23.8 Å². The van der Waals surface area contributed by atoms with Crippen molar-refractivity contribution in [2.75, 3.05) is 25.6 Å². The zero-order chi connectivity index (χ0) is 21.2. The molecular weight excluding hydrogens is 358 g/mol. The van der Waals surface area contributed by atoms with Crippen LogP contribution >= 0.6 is 0 Å². The number of carbonyl (C=O) groups excluding carboxylic acids is 2. The van der Waals surface area contributed by atoms with Crippen molar-refractivity contribution >= 4 is 17.6 Å². The molecule has 0 aromatic heterocycles. The number of esters is 1. The molecule has 1 aromatic rings. The van der Waals surface area contributed by atoms with Crippen LogP contribution in [0.5, 0.6) is 5.75 Å². The number of methoxy groups -OCH3 is 1. The van der Waals surface area contributed by atoms with Crippen LogP contribution < -0.4 is 10.1 Å². The molecule has 6 nitrogen and oxygen atoms in total. The lowest BCUT2D eigenvalue weighted by Crippen LogP contribution is -2.42. The van der Waals surface area contributed by atoms with E-state index in [-0.39, 0.29) is 11.5 Å². The summed E-state index contributed by atoms with van der Waals surface area (Å²) in [6.45, 7) is 10.8. The number of anilines is 1. The van der Waals surface area contributed by atoms with Crippen LogP contribution in [0.3, 0.4) is 0 Å². The number of carbonyl (C=O) groups is 2. The molecule has 0 aliphatic rings. The Bertz CT molecular complexity index is 644. The number of unbranched alkanes of at least 4 members (excludes halogenated alkanes) is 2. The van der Waals surface area contributed by atoms with E-state index in [4.69, 9.17) is 14.2 Å². The van der Waals surface area contributed by atoms with Crippen molar-refractivity contribution in [1.29, 1.82) is 0 Å². The molecule has 0 saturated carbocycles. The van der Waals surface area contributed by atoms with Crippen LogP contribution in [0.1, 0.15) is 70.7 Å².